The fourth-order valence-corrected chi connectivity index (χ4v) is 3.71. The molecular weight excluding hydrogens is 330 g/mol. The van der Waals surface area contributed by atoms with E-state index in [2.05, 4.69) is 27.7 Å². The SMILES string of the molecule is Cc1cc(C2CCCN2C(=O)NCCc2nn(C)c3ccccc23)on1. The number of nitrogens with zero attached hydrogens (tertiary/aromatic N) is 4. The Morgan fingerprint density at radius 3 is 3.04 bits per heavy atom. The summed E-state index contributed by atoms with van der Waals surface area (Å²) in [4.78, 5) is 14.5. The Balaban J connectivity index is 1.39. The van der Waals surface area contributed by atoms with Crippen LogP contribution in [0.15, 0.2) is 34.9 Å². The molecule has 1 saturated heterocycles. The van der Waals surface area contributed by atoms with Crippen molar-refractivity contribution in [3.63, 3.8) is 0 Å². The Bertz CT molecular complexity index is 929. The zero-order valence-corrected chi connectivity index (χ0v) is 15.1. The largest absolute Gasteiger partial charge is 0.359 e. The molecule has 0 saturated carbocycles. The highest BCUT2D eigenvalue weighted by molar-refractivity contribution is 5.82. The van der Waals surface area contributed by atoms with Crippen molar-refractivity contribution in [1.29, 1.82) is 0 Å². The molecule has 3 aromatic rings. The third-order valence-electron chi connectivity index (χ3n) is 4.96. The molecule has 7 nitrogen and oxygen atoms in total. The van der Waals surface area contributed by atoms with E-state index in [1.54, 1.807) is 0 Å². The Morgan fingerprint density at radius 2 is 2.23 bits per heavy atom. The summed E-state index contributed by atoms with van der Waals surface area (Å²) in [6.07, 6.45) is 2.59. The fraction of sp³-hybridized carbons (Fsp3) is 0.421. The van der Waals surface area contributed by atoms with E-state index in [4.69, 9.17) is 4.52 Å². The molecule has 1 N–H and O–H groups in total. The first-order chi connectivity index (χ1) is 12.6. The van der Waals surface area contributed by atoms with Gasteiger partial charge in [-0.25, -0.2) is 4.79 Å². The van der Waals surface area contributed by atoms with Crippen molar-refractivity contribution < 1.29 is 9.32 Å². The molecule has 1 aromatic carbocycles. The highest BCUT2D eigenvalue weighted by atomic mass is 16.5. The molecule has 0 bridgehead atoms. The number of carbonyl (C=O) groups is 1. The van der Waals surface area contributed by atoms with Crippen LogP contribution in [0, 0.1) is 6.92 Å². The summed E-state index contributed by atoms with van der Waals surface area (Å²) >= 11 is 0. The van der Waals surface area contributed by atoms with E-state index in [9.17, 15) is 4.79 Å². The molecule has 1 fully saturated rings. The number of hydrogen-bond acceptors (Lipinski definition) is 4. The predicted octanol–water partition coefficient (Wildman–Crippen LogP) is 2.96. The maximum absolute atomic E-state index is 12.6. The number of likely N-dealkylation sites (tertiary alicyclic amines) is 1. The first-order valence-electron chi connectivity index (χ1n) is 9.02. The van der Waals surface area contributed by atoms with E-state index >= 15 is 0 Å². The highest BCUT2D eigenvalue weighted by Gasteiger charge is 2.32. The molecule has 1 atom stereocenters. The molecule has 2 aromatic heterocycles. The summed E-state index contributed by atoms with van der Waals surface area (Å²) in [6.45, 7) is 3.19. The number of rotatable bonds is 4. The Labute approximate surface area is 151 Å². The molecule has 1 aliphatic rings. The maximum Gasteiger partial charge on any atom is 0.318 e. The normalized spacial score (nSPS) is 17.2. The summed E-state index contributed by atoms with van der Waals surface area (Å²) in [5.74, 6) is 0.769. The lowest BCUT2D eigenvalue weighted by molar-refractivity contribution is 0.182. The summed E-state index contributed by atoms with van der Waals surface area (Å²) in [5, 5.41) is 12.7. The van der Waals surface area contributed by atoms with Gasteiger partial charge in [-0.2, -0.15) is 5.10 Å². The molecule has 26 heavy (non-hydrogen) atoms. The number of aromatic nitrogens is 3. The molecule has 4 rings (SSSR count). The van der Waals surface area contributed by atoms with E-state index < -0.39 is 0 Å². The van der Waals surface area contributed by atoms with Crippen molar-refractivity contribution in [3.8, 4) is 0 Å². The minimum absolute atomic E-state index is 0.0214. The van der Waals surface area contributed by atoms with Crippen LogP contribution in [0.1, 0.15) is 36.0 Å². The van der Waals surface area contributed by atoms with Gasteiger partial charge >= 0.3 is 6.03 Å². The Hall–Kier alpha value is -2.83. The number of aryl methyl sites for hydroxylation is 2. The monoisotopic (exact) mass is 353 g/mol. The van der Waals surface area contributed by atoms with Gasteiger partial charge in [0.2, 0.25) is 0 Å². The smallest absolute Gasteiger partial charge is 0.318 e. The lowest BCUT2D eigenvalue weighted by Gasteiger charge is -2.22. The first kappa shape index (κ1) is 16.6. The average molecular weight is 353 g/mol. The van der Waals surface area contributed by atoms with Gasteiger partial charge in [0.25, 0.3) is 0 Å². The minimum atomic E-state index is -0.0539. The van der Waals surface area contributed by atoms with Crippen LogP contribution < -0.4 is 5.32 Å². The summed E-state index contributed by atoms with van der Waals surface area (Å²) in [5.41, 5.74) is 2.95. The molecule has 2 amide bonds. The van der Waals surface area contributed by atoms with Crippen molar-refractivity contribution in [3.05, 3.63) is 47.5 Å². The first-order valence-corrected chi connectivity index (χ1v) is 9.02. The van der Waals surface area contributed by atoms with Gasteiger partial charge < -0.3 is 14.7 Å². The zero-order chi connectivity index (χ0) is 18.1. The number of nitrogens with one attached hydrogen (secondary N) is 1. The van der Waals surface area contributed by atoms with Gasteiger partial charge in [-0.05, 0) is 25.8 Å². The molecule has 1 aliphatic heterocycles. The summed E-state index contributed by atoms with van der Waals surface area (Å²) in [7, 11) is 1.94. The standard InChI is InChI=1S/C19H23N5O2/c1-13-12-18(26-22-13)17-8-5-11-24(17)19(25)20-10-9-15-14-6-3-4-7-16(14)23(2)21-15/h3-4,6-7,12,17H,5,8-11H2,1-2H3,(H,20,25). The minimum Gasteiger partial charge on any atom is -0.359 e. The van der Waals surface area contributed by atoms with Crippen LogP contribution in [-0.4, -0.2) is 39.0 Å². The van der Waals surface area contributed by atoms with Gasteiger partial charge in [0.1, 0.15) is 0 Å². The van der Waals surface area contributed by atoms with Gasteiger partial charge in [0.05, 0.1) is 22.9 Å². The Kier molecular flexibility index (Phi) is 4.36. The van der Waals surface area contributed by atoms with Crippen molar-refractivity contribution in [2.45, 2.75) is 32.2 Å². The number of hydrogen-bond donors (Lipinski definition) is 1. The molecule has 0 radical (unpaired) electrons. The van der Waals surface area contributed by atoms with Crippen LogP contribution in [-0.2, 0) is 13.5 Å². The van der Waals surface area contributed by atoms with Crippen LogP contribution in [0.3, 0.4) is 0 Å². The number of benzene rings is 1. The van der Waals surface area contributed by atoms with E-state index in [1.807, 2.05) is 41.8 Å². The number of urea groups is 1. The van der Waals surface area contributed by atoms with Gasteiger partial charge in [-0.3, -0.25) is 4.68 Å². The van der Waals surface area contributed by atoms with Gasteiger partial charge in [-0.15, -0.1) is 0 Å². The number of carbonyl (C=O) groups excluding carboxylic acids is 1. The third-order valence-corrected chi connectivity index (χ3v) is 4.96. The van der Waals surface area contributed by atoms with E-state index in [0.29, 0.717) is 13.0 Å². The van der Waals surface area contributed by atoms with Crippen LogP contribution >= 0.6 is 0 Å². The number of amides is 2. The Morgan fingerprint density at radius 1 is 1.38 bits per heavy atom. The second-order valence-electron chi connectivity index (χ2n) is 6.79. The van der Waals surface area contributed by atoms with Gasteiger partial charge in [0.15, 0.2) is 5.76 Å². The van der Waals surface area contributed by atoms with E-state index in [0.717, 1.165) is 47.4 Å². The van der Waals surface area contributed by atoms with Gasteiger partial charge in [-0.1, -0.05) is 23.4 Å². The van der Waals surface area contributed by atoms with Crippen molar-refractivity contribution in [1.82, 2.24) is 25.2 Å². The molecule has 136 valence electrons. The second kappa shape index (κ2) is 6.82. The van der Waals surface area contributed by atoms with Crippen LogP contribution in [0.5, 0.6) is 0 Å². The fourth-order valence-electron chi connectivity index (χ4n) is 3.71. The number of para-hydroxylation sites is 1. The highest BCUT2D eigenvalue weighted by Crippen LogP contribution is 2.32. The predicted molar refractivity (Wildman–Crippen MR) is 97.7 cm³/mol. The van der Waals surface area contributed by atoms with E-state index in [-0.39, 0.29) is 12.1 Å². The van der Waals surface area contributed by atoms with Gasteiger partial charge in [0, 0.05) is 38.0 Å². The summed E-state index contributed by atoms with van der Waals surface area (Å²) < 4.78 is 7.25. The quantitative estimate of drug-likeness (QED) is 0.782. The molecule has 1 unspecified atom stereocenters. The molecule has 7 heteroatoms. The maximum atomic E-state index is 12.6. The van der Waals surface area contributed by atoms with E-state index in [1.165, 1.54) is 0 Å². The van der Waals surface area contributed by atoms with Crippen LogP contribution in [0.2, 0.25) is 0 Å². The second-order valence-corrected chi connectivity index (χ2v) is 6.79. The van der Waals surface area contributed by atoms with Crippen molar-refractivity contribution in [2.24, 2.45) is 7.05 Å². The molecule has 0 aliphatic carbocycles. The van der Waals surface area contributed by atoms with Crippen LogP contribution in [0.25, 0.3) is 10.9 Å². The van der Waals surface area contributed by atoms with Crippen molar-refractivity contribution in [2.75, 3.05) is 13.1 Å². The molecule has 0 spiro atoms. The lowest BCUT2D eigenvalue weighted by Crippen LogP contribution is -2.40. The molecular formula is C19H23N5O2. The average Bonchev–Trinajstić information content (AvgIpc) is 3.35. The summed E-state index contributed by atoms with van der Waals surface area (Å²) in [6, 6.07) is 9.99. The number of fused-ring (bicyclic) bond motifs is 1. The lowest BCUT2D eigenvalue weighted by atomic mass is 10.1. The third kappa shape index (κ3) is 3.05. The van der Waals surface area contributed by atoms with Crippen molar-refractivity contribution >= 4 is 16.9 Å². The zero-order valence-electron chi connectivity index (χ0n) is 15.1. The molecule has 3 heterocycles. The van der Waals surface area contributed by atoms with Crippen LogP contribution in [0.4, 0.5) is 4.79 Å². The topological polar surface area (TPSA) is 76.2 Å².